The zero-order valence-electron chi connectivity index (χ0n) is 13.6. The van der Waals surface area contributed by atoms with Crippen molar-refractivity contribution < 1.29 is 23.4 Å². The van der Waals surface area contributed by atoms with Crippen LogP contribution < -0.4 is 9.47 Å². The van der Waals surface area contributed by atoms with Gasteiger partial charge in [0.15, 0.2) is 23.9 Å². The van der Waals surface area contributed by atoms with Gasteiger partial charge in [-0.15, -0.1) is 0 Å². The molecule has 0 atom stereocenters. The predicted octanol–water partition coefficient (Wildman–Crippen LogP) is 4.12. The molecule has 0 radical (unpaired) electrons. The maximum atomic E-state index is 12.2. The van der Waals surface area contributed by atoms with E-state index in [4.69, 9.17) is 30.2 Å². The van der Waals surface area contributed by atoms with E-state index < -0.39 is 5.97 Å². The van der Waals surface area contributed by atoms with Gasteiger partial charge in [-0.05, 0) is 42.5 Å². The third-order valence-electron chi connectivity index (χ3n) is 3.79. The minimum Gasteiger partial charge on any atom is -0.486 e. The van der Waals surface area contributed by atoms with Crippen molar-refractivity contribution in [3.63, 3.8) is 0 Å². The quantitative estimate of drug-likeness (QED) is 0.642. The standard InChI is InChI=1S/C19H14ClNO5/c20-14-4-1-12(2-5-14)17-10-21-18(26-17)11-25-19(22)13-3-6-15-16(9-13)24-8-7-23-15/h1-6,9-10H,7-8,11H2. The molecule has 0 bridgehead atoms. The van der Waals surface area contributed by atoms with Crippen molar-refractivity contribution in [1.82, 2.24) is 4.98 Å². The van der Waals surface area contributed by atoms with Crippen LogP contribution in [0, 0.1) is 0 Å². The number of rotatable bonds is 4. The molecule has 0 N–H and O–H groups in total. The molecule has 26 heavy (non-hydrogen) atoms. The first kappa shape index (κ1) is 16.5. The SMILES string of the molecule is O=C(OCc1ncc(-c2ccc(Cl)cc2)o1)c1ccc2c(c1)OCCO2. The fourth-order valence-electron chi connectivity index (χ4n) is 2.51. The molecule has 7 heteroatoms. The van der Waals surface area contributed by atoms with Gasteiger partial charge in [0.05, 0.1) is 11.8 Å². The monoisotopic (exact) mass is 371 g/mol. The summed E-state index contributed by atoms with van der Waals surface area (Å²) in [4.78, 5) is 16.3. The van der Waals surface area contributed by atoms with E-state index in [0.717, 1.165) is 5.56 Å². The van der Waals surface area contributed by atoms with Crippen LogP contribution in [0.25, 0.3) is 11.3 Å². The Kier molecular flexibility index (Phi) is 4.50. The van der Waals surface area contributed by atoms with Gasteiger partial charge in [-0.1, -0.05) is 11.6 Å². The maximum absolute atomic E-state index is 12.2. The average molecular weight is 372 g/mol. The van der Waals surface area contributed by atoms with Crippen LogP contribution >= 0.6 is 11.6 Å². The number of esters is 1. The minimum absolute atomic E-state index is 0.0686. The van der Waals surface area contributed by atoms with E-state index in [2.05, 4.69) is 4.98 Å². The smallest absolute Gasteiger partial charge is 0.338 e. The molecule has 1 aromatic heterocycles. The second-order valence-electron chi connectivity index (χ2n) is 5.56. The molecule has 2 aromatic carbocycles. The zero-order chi connectivity index (χ0) is 17.9. The van der Waals surface area contributed by atoms with Crippen molar-refractivity contribution in [3.8, 4) is 22.8 Å². The Morgan fingerprint density at radius 3 is 2.65 bits per heavy atom. The van der Waals surface area contributed by atoms with Gasteiger partial charge in [0.2, 0.25) is 5.89 Å². The second-order valence-corrected chi connectivity index (χ2v) is 6.00. The Bertz CT molecular complexity index is 935. The van der Waals surface area contributed by atoms with Gasteiger partial charge in [0.1, 0.15) is 13.2 Å². The van der Waals surface area contributed by atoms with E-state index >= 15 is 0 Å². The summed E-state index contributed by atoms with van der Waals surface area (Å²) in [7, 11) is 0. The highest BCUT2D eigenvalue weighted by Crippen LogP contribution is 2.31. The van der Waals surface area contributed by atoms with Gasteiger partial charge in [-0.25, -0.2) is 9.78 Å². The van der Waals surface area contributed by atoms with Crippen LogP contribution in [0.1, 0.15) is 16.2 Å². The summed E-state index contributed by atoms with van der Waals surface area (Å²) in [6.45, 7) is 0.882. The van der Waals surface area contributed by atoms with Crippen LogP contribution in [0.2, 0.25) is 5.02 Å². The molecule has 2 heterocycles. The summed E-state index contributed by atoms with van der Waals surface area (Å²) < 4.78 is 21.8. The van der Waals surface area contributed by atoms with Crippen LogP contribution in [-0.4, -0.2) is 24.2 Å². The highest BCUT2D eigenvalue weighted by atomic mass is 35.5. The van der Waals surface area contributed by atoms with Crippen LogP contribution in [0.5, 0.6) is 11.5 Å². The summed E-state index contributed by atoms with van der Waals surface area (Å²) >= 11 is 5.87. The lowest BCUT2D eigenvalue weighted by Crippen LogP contribution is -2.16. The van der Waals surface area contributed by atoms with E-state index in [-0.39, 0.29) is 6.61 Å². The van der Waals surface area contributed by atoms with Crippen molar-refractivity contribution in [1.29, 1.82) is 0 Å². The summed E-state index contributed by atoms with van der Waals surface area (Å²) in [6.07, 6.45) is 1.58. The molecule has 0 aliphatic carbocycles. The molecule has 0 unspecified atom stereocenters. The molecular weight excluding hydrogens is 358 g/mol. The lowest BCUT2D eigenvalue weighted by Gasteiger charge is -2.18. The topological polar surface area (TPSA) is 70.8 Å². The van der Waals surface area contributed by atoms with Gasteiger partial charge < -0.3 is 18.6 Å². The van der Waals surface area contributed by atoms with Crippen LogP contribution in [-0.2, 0) is 11.3 Å². The molecule has 0 saturated heterocycles. The molecule has 4 rings (SSSR count). The number of nitrogens with zero attached hydrogens (tertiary/aromatic N) is 1. The predicted molar refractivity (Wildman–Crippen MR) is 93.5 cm³/mol. The van der Waals surface area contributed by atoms with E-state index in [1.54, 1.807) is 36.5 Å². The Morgan fingerprint density at radius 1 is 1.08 bits per heavy atom. The Labute approximate surface area is 154 Å². The lowest BCUT2D eigenvalue weighted by atomic mass is 10.2. The molecule has 3 aromatic rings. The lowest BCUT2D eigenvalue weighted by molar-refractivity contribution is 0.0438. The third kappa shape index (κ3) is 3.50. The van der Waals surface area contributed by atoms with Crippen molar-refractivity contribution >= 4 is 17.6 Å². The number of carbonyl (C=O) groups is 1. The third-order valence-corrected chi connectivity index (χ3v) is 4.04. The van der Waals surface area contributed by atoms with Crippen molar-refractivity contribution in [3.05, 3.63) is 65.1 Å². The fourth-order valence-corrected chi connectivity index (χ4v) is 2.63. The van der Waals surface area contributed by atoms with E-state index in [1.807, 2.05) is 12.1 Å². The van der Waals surface area contributed by atoms with Gasteiger partial charge in [0, 0.05) is 10.6 Å². The fraction of sp³-hybridized carbons (Fsp3) is 0.158. The van der Waals surface area contributed by atoms with Gasteiger partial charge in [-0.3, -0.25) is 0 Å². The number of benzene rings is 2. The largest absolute Gasteiger partial charge is 0.486 e. The van der Waals surface area contributed by atoms with Crippen molar-refractivity contribution in [2.75, 3.05) is 13.2 Å². The number of aromatic nitrogens is 1. The maximum Gasteiger partial charge on any atom is 0.338 e. The molecule has 0 spiro atoms. The minimum atomic E-state index is -0.492. The zero-order valence-corrected chi connectivity index (χ0v) is 14.4. The highest BCUT2D eigenvalue weighted by molar-refractivity contribution is 6.30. The highest BCUT2D eigenvalue weighted by Gasteiger charge is 2.16. The van der Waals surface area contributed by atoms with Crippen molar-refractivity contribution in [2.45, 2.75) is 6.61 Å². The Hall–Kier alpha value is -2.99. The molecule has 1 aliphatic heterocycles. The van der Waals surface area contributed by atoms with Crippen LogP contribution in [0.4, 0.5) is 0 Å². The molecule has 0 saturated carbocycles. The first-order chi connectivity index (χ1) is 12.7. The van der Waals surface area contributed by atoms with Crippen LogP contribution in [0.15, 0.2) is 53.1 Å². The number of halogens is 1. The molecule has 0 amide bonds. The first-order valence-corrected chi connectivity index (χ1v) is 8.34. The van der Waals surface area contributed by atoms with Crippen LogP contribution in [0.3, 0.4) is 0 Å². The Morgan fingerprint density at radius 2 is 1.85 bits per heavy atom. The van der Waals surface area contributed by atoms with E-state index in [1.165, 1.54) is 0 Å². The van der Waals surface area contributed by atoms with Crippen molar-refractivity contribution in [2.24, 2.45) is 0 Å². The number of oxazole rings is 1. The molecule has 6 nitrogen and oxygen atoms in total. The summed E-state index contributed by atoms with van der Waals surface area (Å²) in [5.41, 5.74) is 1.21. The molecule has 1 aliphatic rings. The first-order valence-electron chi connectivity index (χ1n) is 7.96. The molecule has 132 valence electrons. The average Bonchev–Trinajstić information content (AvgIpc) is 3.15. The number of hydrogen-bond donors (Lipinski definition) is 0. The number of hydrogen-bond acceptors (Lipinski definition) is 6. The number of ether oxygens (including phenoxy) is 3. The van der Waals surface area contributed by atoms with Gasteiger partial charge in [0.25, 0.3) is 0 Å². The second kappa shape index (κ2) is 7.09. The summed E-state index contributed by atoms with van der Waals surface area (Å²) in [6, 6.07) is 12.1. The molecular formula is C19H14ClNO5. The summed E-state index contributed by atoms with van der Waals surface area (Å²) in [5.74, 6) is 1.54. The Balaban J connectivity index is 1.41. The normalized spacial score (nSPS) is 12.7. The number of carbonyl (C=O) groups excluding carboxylic acids is 1. The van der Waals surface area contributed by atoms with E-state index in [0.29, 0.717) is 46.9 Å². The van der Waals surface area contributed by atoms with Gasteiger partial charge >= 0.3 is 5.97 Å². The number of fused-ring (bicyclic) bond motifs is 1. The van der Waals surface area contributed by atoms with E-state index in [9.17, 15) is 4.79 Å². The summed E-state index contributed by atoms with van der Waals surface area (Å²) in [5, 5.41) is 0.641. The molecule has 0 fully saturated rings. The van der Waals surface area contributed by atoms with Gasteiger partial charge in [-0.2, -0.15) is 0 Å².